The quantitative estimate of drug-likeness (QED) is 0.254. The number of halogens is 6. The summed E-state index contributed by atoms with van der Waals surface area (Å²) in [6.45, 7) is -0.0137. The van der Waals surface area contributed by atoms with E-state index >= 15 is 0 Å². The van der Waals surface area contributed by atoms with E-state index in [0.717, 1.165) is 5.56 Å². The SMILES string of the molecule is COc1ccccc1C=CC(=O)N1CCN(C(=O)c2cc(C(F)(F)F)cc(C(F)(F)F)c2)[C@H](Cc2ccccc2)C1. The van der Waals surface area contributed by atoms with Gasteiger partial charge in [0.1, 0.15) is 5.75 Å². The number of amides is 2. The van der Waals surface area contributed by atoms with Gasteiger partial charge in [-0.3, -0.25) is 9.59 Å². The van der Waals surface area contributed by atoms with E-state index in [1.807, 2.05) is 0 Å². The van der Waals surface area contributed by atoms with Crippen molar-refractivity contribution >= 4 is 17.9 Å². The molecule has 1 heterocycles. The number of nitrogens with zero attached hydrogens (tertiary/aromatic N) is 2. The highest BCUT2D eigenvalue weighted by molar-refractivity contribution is 5.96. The van der Waals surface area contributed by atoms with Crippen LogP contribution < -0.4 is 4.74 Å². The molecule has 2 amide bonds. The topological polar surface area (TPSA) is 49.9 Å². The van der Waals surface area contributed by atoms with Crippen molar-refractivity contribution in [2.45, 2.75) is 24.8 Å². The molecule has 1 fully saturated rings. The molecular formula is C30H26F6N2O3. The van der Waals surface area contributed by atoms with Gasteiger partial charge in [0.15, 0.2) is 0 Å². The minimum Gasteiger partial charge on any atom is -0.496 e. The standard InChI is InChI=1S/C30H26F6N2O3/c1-41-26-10-6-5-9-21(26)11-12-27(39)37-13-14-38(25(19-37)15-20-7-3-2-4-8-20)28(40)22-16-23(29(31,32)33)18-24(17-22)30(34,35)36/h2-12,16-18,25H,13-15,19H2,1H3/t25-/m1/s1. The highest BCUT2D eigenvalue weighted by Crippen LogP contribution is 2.37. The molecule has 0 spiro atoms. The maximum Gasteiger partial charge on any atom is 0.416 e. The van der Waals surface area contributed by atoms with E-state index < -0.39 is 41.0 Å². The minimum atomic E-state index is -5.08. The van der Waals surface area contributed by atoms with Gasteiger partial charge in [0, 0.05) is 36.8 Å². The van der Waals surface area contributed by atoms with Crippen LogP contribution in [-0.4, -0.2) is 54.4 Å². The number of alkyl halides is 6. The van der Waals surface area contributed by atoms with Crippen LogP contribution in [0.4, 0.5) is 26.3 Å². The van der Waals surface area contributed by atoms with Crippen LogP contribution in [-0.2, 0) is 23.6 Å². The van der Waals surface area contributed by atoms with Crippen LogP contribution in [0.25, 0.3) is 6.08 Å². The Balaban J connectivity index is 1.63. The second-order valence-corrected chi connectivity index (χ2v) is 9.50. The largest absolute Gasteiger partial charge is 0.496 e. The lowest BCUT2D eigenvalue weighted by Crippen LogP contribution is -2.57. The highest BCUT2D eigenvalue weighted by atomic mass is 19.4. The lowest BCUT2D eigenvalue weighted by molar-refractivity contribution is -0.143. The molecule has 0 unspecified atom stereocenters. The fourth-order valence-corrected chi connectivity index (χ4v) is 4.70. The number of hydrogen-bond donors (Lipinski definition) is 0. The third kappa shape index (κ3) is 7.27. The molecule has 11 heteroatoms. The van der Waals surface area contributed by atoms with Gasteiger partial charge in [0.25, 0.3) is 5.91 Å². The second-order valence-electron chi connectivity index (χ2n) is 9.50. The average molecular weight is 577 g/mol. The number of hydrogen-bond acceptors (Lipinski definition) is 3. The zero-order valence-electron chi connectivity index (χ0n) is 21.9. The predicted octanol–water partition coefficient (Wildman–Crippen LogP) is 6.34. The third-order valence-electron chi connectivity index (χ3n) is 6.75. The molecule has 0 aromatic heterocycles. The monoisotopic (exact) mass is 576 g/mol. The van der Waals surface area contributed by atoms with Crippen LogP contribution in [0.2, 0.25) is 0 Å². The van der Waals surface area contributed by atoms with Crippen LogP contribution >= 0.6 is 0 Å². The summed E-state index contributed by atoms with van der Waals surface area (Å²) < 4.78 is 85.9. The summed E-state index contributed by atoms with van der Waals surface area (Å²) in [7, 11) is 1.50. The molecule has 3 aromatic rings. The van der Waals surface area contributed by atoms with Gasteiger partial charge in [-0.25, -0.2) is 0 Å². The van der Waals surface area contributed by atoms with E-state index in [-0.39, 0.29) is 38.0 Å². The fraction of sp³-hybridized carbons (Fsp3) is 0.267. The van der Waals surface area contributed by atoms with Gasteiger partial charge in [-0.2, -0.15) is 26.3 Å². The van der Waals surface area contributed by atoms with Gasteiger partial charge in [-0.15, -0.1) is 0 Å². The highest BCUT2D eigenvalue weighted by Gasteiger charge is 2.39. The molecular weight excluding hydrogens is 550 g/mol. The molecule has 1 aliphatic heterocycles. The summed E-state index contributed by atoms with van der Waals surface area (Å²) in [5, 5.41) is 0. The molecule has 1 aliphatic rings. The number of carbonyl (C=O) groups is 2. The van der Waals surface area contributed by atoms with Gasteiger partial charge in [-0.1, -0.05) is 48.5 Å². The summed E-state index contributed by atoms with van der Waals surface area (Å²) >= 11 is 0. The summed E-state index contributed by atoms with van der Waals surface area (Å²) in [6.07, 6.45) is -6.99. The van der Waals surface area contributed by atoms with Crippen LogP contribution in [0.3, 0.4) is 0 Å². The number of benzene rings is 3. The smallest absolute Gasteiger partial charge is 0.416 e. The zero-order chi connectivity index (χ0) is 29.8. The summed E-state index contributed by atoms with van der Waals surface area (Å²) in [5.74, 6) is -0.771. The number of ether oxygens (including phenoxy) is 1. The van der Waals surface area contributed by atoms with Crippen molar-refractivity contribution in [2.24, 2.45) is 0 Å². The molecule has 1 atom stereocenters. The maximum atomic E-state index is 13.5. The number of piperazine rings is 1. The number of carbonyl (C=O) groups excluding carboxylic acids is 2. The summed E-state index contributed by atoms with van der Waals surface area (Å²) in [6, 6.07) is 16.1. The van der Waals surface area contributed by atoms with Crippen molar-refractivity contribution in [1.29, 1.82) is 0 Å². The van der Waals surface area contributed by atoms with Crippen molar-refractivity contribution in [3.05, 3.63) is 107 Å². The van der Waals surface area contributed by atoms with Gasteiger partial charge in [0.2, 0.25) is 5.91 Å². The first-order valence-corrected chi connectivity index (χ1v) is 12.6. The molecule has 1 saturated heterocycles. The summed E-state index contributed by atoms with van der Waals surface area (Å²) in [5.41, 5.74) is -2.39. The van der Waals surface area contributed by atoms with Crippen molar-refractivity contribution < 1.29 is 40.7 Å². The molecule has 3 aromatic carbocycles. The van der Waals surface area contributed by atoms with Crippen molar-refractivity contribution in [3.8, 4) is 5.75 Å². The van der Waals surface area contributed by atoms with Crippen LogP contribution in [0.15, 0.2) is 78.9 Å². The number of rotatable bonds is 6. The fourth-order valence-electron chi connectivity index (χ4n) is 4.70. The Kier molecular flexibility index (Phi) is 8.74. The predicted molar refractivity (Wildman–Crippen MR) is 140 cm³/mol. The zero-order valence-corrected chi connectivity index (χ0v) is 21.9. The summed E-state index contributed by atoms with van der Waals surface area (Å²) in [4.78, 5) is 29.3. The van der Waals surface area contributed by atoms with E-state index in [0.29, 0.717) is 23.4 Å². The van der Waals surface area contributed by atoms with Crippen molar-refractivity contribution in [2.75, 3.05) is 26.7 Å². The van der Waals surface area contributed by atoms with E-state index in [2.05, 4.69) is 0 Å². The first-order chi connectivity index (χ1) is 19.4. The molecule has 0 bridgehead atoms. The Morgan fingerprint density at radius 3 is 2.10 bits per heavy atom. The minimum absolute atomic E-state index is 0.0110. The lowest BCUT2D eigenvalue weighted by atomic mass is 9.99. The number of para-hydroxylation sites is 1. The molecule has 0 saturated carbocycles. The van der Waals surface area contributed by atoms with Gasteiger partial charge < -0.3 is 14.5 Å². The maximum absolute atomic E-state index is 13.5. The molecule has 216 valence electrons. The number of methoxy groups -OCH3 is 1. The molecule has 0 aliphatic carbocycles. The molecule has 0 N–H and O–H groups in total. The van der Waals surface area contributed by atoms with Crippen LogP contribution in [0, 0.1) is 0 Å². The molecule has 5 nitrogen and oxygen atoms in total. The van der Waals surface area contributed by atoms with E-state index in [1.165, 1.54) is 23.0 Å². The van der Waals surface area contributed by atoms with E-state index in [1.54, 1.807) is 60.7 Å². The molecule has 41 heavy (non-hydrogen) atoms. The van der Waals surface area contributed by atoms with Crippen molar-refractivity contribution in [3.63, 3.8) is 0 Å². The Morgan fingerprint density at radius 2 is 1.49 bits per heavy atom. The van der Waals surface area contributed by atoms with Gasteiger partial charge >= 0.3 is 12.4 Å². The average Bonchev–Trinajstić information content (AvgIpc) is 2.95. The lowest BCUT2D eigenvalue weighted by Gasteiger charge is -2.41. The van der Waals surface area contributed by atoms with E-state index in [9.17, 15) is 35.9 Å². The van der Waals surface area contributed by atoms with Crippen LogP contribution in [0.5, 0.6) is 5.75 Å². The molecule has 4 rings (SSSR count). The first kappa shape index (κ1) is 29.7. The van der Waals surface area contributed by atoms with Gasteiger partial charge in [-0.05, 0) is 42.3 Å². The Hall–Kier alpha value is -4.28. The molecule has 0 radical (unpaired) electrons. The second kappa shape index (κ2) is 12.1. The Labute approximate surface area is 232 Å². The Bertz CT molecular complexity index is 1390. The first-order valence-electron chi connectivity index (χ1n) is 12.6. The van der Waals surface area contributed by atoms with Crippen LogP contribution in [0.1, 0.15) is 32.6 Å². The normalized spacial score (nSPS) is 16.2. The Morgan fingerprint density at radius 1 is 0.878 bits per heavy atom. The third-order valence-corrected chi connectivity index (χ3v) is 6.75. The van der Waals surface area contributed by atoms with Crippen molar-refractivity contribution in [1.82, 2.24) is 9.80 Å². The van der Waals surface area contributed by atoms with Gasteiger partial charge in [0.05, 0.1) is 24.3 Å². The van der Waals surface area contributed by atoms with E-state index in [4.69, 9.17) is 4.74 Å².